The third-order valence-electron chi connectivity index (χ3n) is 8.06. The van der Waals surface area contributed by atoms with Crippen LogP contribution in [0.3, 0.4) is 0 Å². The normalized spacial score (nSPS) is 27.3. The van der Waals surface area contributed by atoms with Crippen LogP contribution < -0.4 is 0 Å². The molecule has 3 aliphatic heterocycles. The maximum absolute atomic E-state index is 14.4. The fourth-order valence-corrected chi connectivity index (χ4v) is 8.59. The smallest absolute Gasteiger partial charge is 0.310 e. The lowest BCUT2D eigenvalue weighted by Crippen LogP contribution is -2.54. The predicted octanol–water partition coefficient (Wildman–Crippen LogP) is 3.96. The lowest BCUT2D eigenvalue weighted by Gasteiger charge is -2.37. The van der Waals surface area contributed by atoms with Crippen molar-refractivity contribution >= 4 is 29.5 Å². The van der Waals surface area contributed by atoms with Gasteiger partial charge in [0.15, 0.2) is 0 Å². The van der Waals surface area contributed by atoms with Crippen LogP contribution in [0.5, 0.6) is 0 Å². The second kappa shape index (κ2) is 13.0. The Morgan fingerprint density at radius 2 is 1.92 bits per heavy atom. The largest absolute Gasteiger partial charge is 0.465 e. The third kappa shape index (κ3) is 5.57. The molecule has 2 amide bonds. The maximum atomic E-state index is 14.4. The zero-order chi connectivity index (χ0) is 27.1. The summed E-state index contributed by atoms with van der Waals surface area (Å²) in [6.07, 6.45) is 8.75. The first-order valence-corrected chi connectivity index (χ1v) is 14.7. The number of amides is 2. The monoisotopic (exact) mass is 540 g/mol. The summed E-state index contributed by atoms with van der Waals surface area (Å²) < 4.78 is 4.94. The van der Waals surface area contributed by atoms with Crippen LogP contribution in [0.25, 0.3) is 0 Å². The van der Waals surface area contributed by atoms with Crippen LogP contribution in [0.2, 0.25) is 0 Å². The van der Waals surface area contributed by atoms with E-state index in [4.69, 9.17) is 9.84 Å². The molecule has 2 unspecified atom stereocenters. The van der Waals surface area contributed by atoms with E-state index in [1.165, 1.54) is 0 Å². The molecule has 206 valence electrons. The van der Waals surface area contributed by atoms with E-state index in [0.29, 0.717) is 26.1 Å². The standard InChI is InChI=1S/C30H40N2O5S/c1-3-5-20-37-29(36)24-23-15-16-30(38-23)25(24)27(34)32(18-11-6-7-12-19-33)26(30)28(35)31(17-4-2)21-22-13-9-8-10-14-22/h3-4,8-10,13-14,23-26,33H,1-2,5-7,11-12,15-21H2/t23-,24+,25+,26?,30?/m1/s1. The Bertz CT molecular complexity index is 1020. The van der Waals surface area contributed by atoms with Gasteiger partial charge in [0.2, 0.25) is 11.8 Å². The molecule has 2 bridgehead atoms. The SMILES string of the molecule is C=CCCOC(=O)[C@@H]1[C@H]2C(=O)N(CCCCCCO)C(C(=O)N(CC=C)Cc3ccccc3)C23CC[C@H]1S3. The van der Waals surface area contributed by atoms with Crippen molar-refractivity contribution in [2.45, 2.75) is 67.5 Å². The molecule has 0 saturated carbocycles. The van der Waals surface area contributed by atoms with Crippen LogP contribution >= 0.6 is 11.8 Å². The molecule has 4 rings (SSSR count). The molecule has 3 fully saturated rings. The molecule has 1 aromatic rings. The number of hydrogen-bond donors (Lipinski definition) is 1. The molecule has 38 heavy (non-hydrogen) atoms. The quantitative estimate of drug-likeness (QED) is 0.206. The van der Waals surface area contributed by atoms with E-state index in [1.807, 2.05) is 30.3 Å². The molecule has 3 aliphatic rings. The van der Waals surface area contributed by atoms with E-state index in [-0.39, 0.29) is 36.2 Å². The van der Waals surface area contributed by atoms with Gasteiger partial charge < -0.3 is 19.6 Å². The number of carbonyl (C=O) groups is 3. The third-order valence-corrected chi connectivity index (χ3v) is 10.0. The van der Waals surface area contributed by atoms with Crippen LogP contribution in [0.15, 0.2) is 55.6 Å². The van der Waals surface area contributed by atoms with Crippen molar-refractivity contribution in [3.8, 4) is 0 Å². The first kappa shape index (κ1) is 28.4. The van der Waals surface area contributed by atoms with Gasteiger partial charge in [0.25, 0.3) is 0 Å². The summed E-state index contributed by atoms with van der Waals surface area (Å²) in [6, 6.07) is 9.22. The van der Waals surface area contributed by atoms with E-state index in [1.54, 1.807) is 33.7 Å². The zero-order valence-electron chi connectivity index (χ0n) is 22.1. The van der Waals surface area contributed by atoms with Gasteiger partial charge in [-0.3, -0.25) is 14.4 Å². The Labute approximate surface area is 230 Å². The number of esters is 1. The number of fused-ring (bicyclic) bond motifs is 1. The Hall–Kier alpha value is -2.58. The highest BCUT2D eigenvalue weighted by atomic mass is 32.2. The number of benzene rings is 1. The number of carbonyl (C=O) groups excluding carboxylic acids is 3. The van der Waals surface area contributed by atoms with Gasteiger partial charge in [0.1, 0.15) is 6.04 Å². The molecule has 0 aromatic heterocycles. The predicted molar refractivity (Wildman–Crippen MR) is 149 cm³/mol. The van der Waals surface area contributed by atoms with Gasteiger partial charge in [-0.15, -0.1) is 24.9 Å². The molecule has 5 atom stereocenters. The molecular formula is C30H40N2O5S. The Morgan fingerprint density at radius 1 is 1.16 bits per heavy atom. The number of unbranched alkanes of at least 4 members (excludes halogenated alkanes) is 3. The van der Waals surface area contributed by atoms with Gasteiger partial charge in [-0.05, 0) is 37.7 Å². The number of hydrogen-bond acceptors (Lipinski definition) is 6. The van der Waals surface area contributed by atoms with Crippen molar-refractivity contribution in [3.05, 3.63) is 61.2 Å². The molecule has 3 heterocycles. The van der Waals surface area contributed by atoms with E-state index >= 15 is 0 Å². The van der Waals surface area contributed by atoms with E-state index in [0.717, 1.165) is 44.1 Å². The number of rotatable bonds is 15. The van der Waals surface area contributed by atoms with Crippen LogP contribution in [0.1, 0.15) is 50.5 Å². The average molecular weight is 541 g/mol. The molecule has 0 aliphatic carbocycles. The minimum atomic E-state index is -0.623. The van der Waals surface area contributed by atoms with Crippen LogP contribution in [-0.2, 0) is 25.7 Å². The highest BCUT2D eigenvalue weighted by Gasteiger charge is 2.74. The molecule has 7 nitrogen and oxygen atoms in total. The first-order valence-electron chi connectivity index (χ1n) is 13.8. The molecule has 8 heteroatoms. The number of ether oxygens (including phenoxy) is 1. The number of aliphatic hydroxyl groups is 1. The van der Waals surface area contributed by atoms with E-state index < -0.39 is 22.6 Å². The fourth-order valence-electron chi connectivity index (χ4n) is 6.39. The maximum Gasteiger partial charge on any atom is 0.310 e. The summed E-state index contributed by atoms with van der Waals surface area (Å²) in [7, 11) is 0. The van der Waals surface area contributed by atoms with Crippen molar-refractivity contribution in [1.29, 1.82) is 0 Å². The van der Waals surface area contributed by atoms with Gasteiger partial charge in [0.05, 0.1) is 23.2 Å². The Balaban J connectivity index is 1.63. The van der Waals surface area contributed by atoms with Gasteiger partial charge in [-0.1, -0.05) is 55.3 Å². The summed E-state index contributed by atoms with van der Waals surface area (Å²) in [5, 5.41) is 9.12. The van der Waals surface area contributed by atoms with Crippen molar-refractivity contribution in [2.75, 3.05) is 26.3 Å². The van der Waals surface area contributed by atoms with Crippen LogP contribution in [0.4, 0.5) is 0 Å². The van der Waals surface area contributed by atoms with E-state index in [2.05, 4.69) is 13.2 Å². The lowest BCUT2D eigenvalue weighted by atomic mass is 9.71. The second-order valence-corrected chi connectivity index (χ2v) is 12.1. The fraction of sp³-hybridized carbons (Fsp3) is 0.567. The summed E-state index contributed by atoms with van der Waals surface area (Å²) >= 11 is 1.67. The van der Waals surface area contributed by atoms with Crippen molar-refractivity contribution < 1.29 is 24.2 Å². The highest BCUT2D eigenvalue weighted by Crippen LogP contribution is 2.66. The first-order chi connectivity index (χ1) is 18.5. The number of likely N-dealkylation sites (tertiary alicyclic amines) is 1. The summed E-state index contributed by atoms with van der Waals surface area (Å²) in [5.41, 5.74) is 1.02. The minimum Gasteiger partial charge on any atom is -0.465 e. The lowest BCUT2D eigenvalue weighted by molar-refractivity contribution is -0.154. The number of nitrogens with zero attached hydrogens (tertiary/aromatic N) is 2. The van der Waals surface area contributed by atoms with Crippen LogP contribution in [0, 0.1) is 11.8 Å². The van der Waals surface area contributed by atoms with Crippen molar-refractivity contribution in [1.82, 2.24) is 9.80 Å². The van der Waals surface area contributed by atoms with Crippen molar-refractivity contribution in [3.63, 3.8) is 0 Å². The van der Waals surface area contributed by atoms with Gasteiger partial charge in [-0.2, -0.15) is 0 Å². The summed E-state index contributed by atoms with van der Waals surface area (Å²) in [5.74, 6) is -1.57. The van der Waals surface area contributed by atoms with Crippen LogP contribution in [-0.4, -0.2) is 75.0 Å². The van der Waals surface area contributed by atoms with Gasteiger partial charge in [-0.25, -0.2) is 0 Å². The molecule has 3 saturated heterocycles. The topological polar surface area (TPSA) is 87.1 Å². The number of aliphatic hydroxyl groups excluding tert-OH is 1. The summed E-state index contributed by atoms with van der Waals surface area (Å²) in [6.45, 7) is 9.25. The number of thioether (sulfide) groups is 1. The molecule has 1 aromatic carbocycles. The Morgan fingerprint density at radius 3 is 2.63 bits per heavy atom. The Kier molecular flexibility index (Phi) is 9.71. The second-order valence-electron chi connectivity index (χ2n) is 10.5. The van der Waals surface area contributed by atoms with Crippen molar-refractivity contribution in [2.24, 2.45) is 11.8 Å². The zero-order valence-corrected chi connectivity index (χ0v) is 22.9. The van der Waals surface area contributed by atoms with Gasteiger partial charge in [0, 0.05) is 31.5 Å². The highest BCUT2D eigenvalue weighted by molar-refractivity contribution is 8.02. The molecule has 1 N–H and O–H groups in total. The molecular weight excluding hydrogens is 500 g/mol. The minimum absolute atomic E-state index is 0.0100. The summed E-state index contributed by atoms with van der Waals surface area (Å²) in [4.78, 5) is 45.2. The molecule has 0 radical (unpaired) electrons. The molecule has 1 spiro atoms. The average Bonchev–Trinajstić information content (AvgIpc) is 3.56. The van der Waals surface area contributed by atoms with Gasteiger partial charge >= 0.3 is 5.97 Å². The van der Waals surface area contributed by atoms with E-state index in [9.17, 15) is 14.4 Å².